The fourth-order valence-corrected chi connectivity index (χ4v) is 3.06. The summed E-state index contributed by atoms with van der Waals surface area (Å²) in [6.45, 7) is 1.37. The number of fused-ring (bicyclic) bond motifs is 1. The molecule has 0 bridgehead atoms. The number of amides is 1. The molecular weight excluding hydrogens is 378 g/mol. The number of benzene rings is 2. The van der Waals surface area contributed by atoms with Crippen molar-refractivity contribution in [2.45, 2.75) is 31.8 Å². The first-order valence-corrected chi connectivity index (χ1v) is 9.29. The van der Waals surface area contributed by atoms with Gasteiger partial charge in [0.25, 0.3) is 5.91 Å². The van der Waals surface area contributed by atoms with Gasteiger partial charge < -0.3 is 10.1 Å². The number of rotatable bonds is 5. The number of para-hydroxylation sites is 1. The van der Waals surface area contributed by atoms with E-state index in [4.69, 9.17) is 4.74 Å². The van der Waals surface area contributed by atoms with Crippen molar-refractivity contribution in [3.63, 3.8) is 0 Å². The van der Waals surface area contributed by atoms with Gasteiger partial charge in [0.05, 0.1) is 16.8 Å². The average Bonchev–Trinajstić information content (AvgIpc) is 3.55. The van der Waals surface area contributed by atoms with Crippen LogP contribution in [0.2, 0.25) is 0 Å². The minimum atomic E-state index is -1.21. The van der Waals surface area contributed by atoms with Crippen LogP contribution in [0.3, 0.4) is 0 Å². The van der Waals surface area contributed by atoms with Crippen LogP contribution < -0.4 is 5.32 Å². The number of hydrogen-bond acceptors (Lipinski definition) is 4. The van der Waals surface area contributed by atoms with Gasteiger partial charge in [-0.05, 0) is 44.0 Å². The highest BCUT2D eigenvalue weighted by atomic mass is 19.1. The van der Waals surface area contributed by atoms with Crippen LogP contribution in [0, 0.1) is 11.6 Å². The van der Waals surface area contributed by atoms with Crippen LogP contribution in [0.4, 0.5) is 14.5 Å². The molecule has 0 spiro atoms. The molecule has 5 nitrogen and oxygen atoms in total. The Labute approximate surface area is 165 Å². The number of hydrogen-bond donors (Lipinski definition) is 1. The number of aromatic nitrogens is 1. The van der Waals surface area contributed by atoms with Crippen LogP contribution in [-0.2, 0) is 9.53 Å². The van der Waals surface area contributed by atoms with Gasteiger partial charge in [-0.3, -0.25) is 9.78 Å². The third-order valence-corrected chi connectivity index (χ3v) is 4.79. The SMILES string of the molecule is C[C@@H](OC(=O)c1cc(C2CC2)nc2ccccc12)C(=O)Nc1cc(F)ccc1F. The fourth-order valence-electron chi connectivity index (χ4n) is 3.06. The molecule has 7 heteroatoms. The molecule has 2 aromatic carbocycles. The summed E-state index contributed by atoms with van der Waals surface area (Å²) >= 11 is 0. The molecule has 1 heterocycles. The molecule has 1 aliphatic carbocycles. The number of esters is 1. The number of nitrogens with one attached hydrogen (secondary N) is 1. The number of anilines is 1. The molecule has 1 N–H and O–H groups in total. The van der Waals surface area contributed by atoms with Gasteiger partial charge in [-0.15, -0.1) is 0 Å². The van der Waals surface area contributed by atoms with Crippen molar-refractivity contribution in [2.75, 3.05) is 5.32 Å². The van der Waals surface area contributed by atoms with Crippen molar-refractivity contribution in [3.8, 4) is 0 Å². The Hall–Kier alpha value is -3.35. The maximum atomic E-state index is 13.7. The molecule has 0 saturated heterocycles. The van der Waals surface area contributed by atoms with Crippen LogP contribution in [0.15, 0.2) is 48.5 Å². The number of pyridine rings is 1. The zero-order chi connectivity index (χ0) is 20.5. The quantitative estimate of drug-likeness (QED) is 0.642. The molecule has 1 aromatic heterocycles. The van der Waals surface area contributed by atoms with E-state index < -0.39 is 29.6 Å². The van der Waals surface area contributed by atoms with E-state index in [1.54, 1.807) is 18.2 Å². The monoisotopic (exact) mass is 396 g/mol. The van der Waals surface area contributed by atoms with Gasteiger partial charge in [-0.1, -0.05) is 18.2 Å². The van der Waals surface area contributed by atoms with Crippen LogP contribution in [-0.4, -0.2) is 23.0 Å². The van der Waals surface area contributed by atoms with Gasteiger partial charge in [0.15, 0.2) is 6.10 Å². The molecular formula is C22H18F2N2O3. The number of halogens is 2. The Morgan fingerprint density at radius 3 is 2.66 bits per heavy atom. The Balaban J connectivity index is 1.54. The van der Waals surface area contributed by atoms with Crippen molar-refractivity contribution in [2.24, 2.45) is 0 Å². The smallest absolute Gasteiger partial charge is 0.339 e. The lowest BCUT2D eigenvalue weighted by Gasteiger charge is -2.15. The summed E-state index contributed by atoms with van der Waals surface area (Å²) in [6, 6.07) is 11.6. The summed E-state index contributed by atoms with van der Waals surface area (Å²) in [4.78, 5) is 29.7. The average molecular weight is 396 g/mol. The molecule has 1 saturated carbocycles. The fraction of sp³-hybridized carbons (Fsp3) is 0.227. The van der Waals surface area contributed by atoms with Gasteiger partial charge in [-0.25, -0.2) is 13.6 Å². The predicted octanol–water partition coefficient (Wildman–Crippen LogP) is 4.57. The Bertz CT molecular complexity index is 1110. The molecule has 3 aromatic rings. The van der Waals surface area contributed by atoms with Gasteiger partial charge >= 0.3 is 5.97 Å². The minimum absolute atomic E-state index is 0.316. The van der Waals surface area contributed by atoms with Crippen molar-refractivity contribution in [1.29, 1.82) is 0 Å². The number of ether oxygens (including phenoxy) is 1. The minimum Gasteiger partial charge on any atom is -0.449 e. The molecule has 1 amide bonds. The van der Waals surface area contributed by atoms with E-state index >= 15 is 0 Å². The van der Waals surface area contributed by atoms with E-state index in [9.17, 15) is 18.4 Å². The predicted molar refractivity (Wildman–Crippen MR) is 104 cm³/mol. The molecule has 148 valence electrons. The van der Waals surface area contributed by atoms with E-state index in [1.807, 2.05) is 12.1 Å². The van der Waals surface area contributed by atoms with Crippen molar-refractivity contribution in [1.82, 2.24) is 4.98 Å². The third-order valence-electron chi connectivity index (χ3n) is 4.79. The summed E-state index contributed by atoms with van der Waals surface area (Å²) in [5.74, 6) is -2.57. The van der Waals surface area contributed by atoms with Crippen LogP contribution in [0.5, 0.6) is 0 Å². The van der Waals surface area contributed by atoms with E-state index in [0.717, 1.165) is 36.7 Å². The molecule has 1 fully saturated rings. The topological polar surface area (TPSA) is 68.3 Å². The first kappa shape index (κ1) is 19.0. The lowest BCUT2D eigenvalue weighted by atomic mass is 10.1. The van der Waals surface area contributed by atoms with E-state index in [2.05, 4.69) is 10.3 Å². The summed E-state index contributed by atoms with van der Waals surface area (Å²) in [6.07, 6.45) is 0.844. The van der Waals surface area contributed by atoms with Crippen molar-refractivity contribution >= 4 is 28.5 Å². The summed E-state index contributed by atoms with van der Waals surface area (Å²) < 4.78 is 32.3. The summed E-state index contributed by atoms with van der Waals surface area (Å²) in [5, 5.41) is 2.87. The first-order valence-electron chi connectivity index (χ1n) is 9.29. The molecule has 0 aliphatic heterocycles. The van der Waals surface area contributed by atoms with Gasteiger partial charge in [0, 0.05) is 23.1 Å². The highest BCUT2D eigenvalue weighted by Gasteiger charge is 2.28. The van der Waals surface area contributed by atoms with Gasteiger partial charge in [-0.2, -0.15) is 0 Å². The summed E-state index contributed by atoms with van der Waals surface area (Å²) in [7, 11) is 0. The summed E-state index contributed by atoms with van der Waals surface area (Å²) in [5.41, 5.74) is 1.52. The largest absolute Gasteiger partial charge is 0.449 e. The molecule has 29 heavy (non-hydrogen) atoms. The van der Waals surface area contributed by atoms with Crippen molar-refractivity contribution in [3.05, 3.63) is 71.4 Å². The Kier molecular flexibility index (Phi) is 4.96. The van der Waals surface area contributed by atoms with Crippen LogP contribution in [0.25, 0.3) is 10.9 Å². The van der Waals surface area contributed by atoms with Crippen LogP contribution in [0.1, 0.15) is 41.7 Å². The van der Waals surface area contributed by atoms with Crippen molar-refractivity contribution < 1.29 is 23.1 Å². The maximum Gasteiger partial charge on any atom is 0.339 e. The second-order valence-electron chi connectivity index (χ2n) is 7.05. The first-order chi connectivity index (χ1) is 13.9. The van der Waals surface area contributed by atoms with E-state index in [1.165, 1.54) is 6.92 Å². The van der Waals surface area contributed by atoms with Crippen LogP contribution >= 0.6 is 0 Å². The number of nitrogens with zero attached hydrogens (tertiary/aromatic N) is 1. The second-order valence-corrected chi connectivity index (χ2v) is 7.05. The third kappa shape index (κ3) is 4.08. The van der Waals surface area contributed by atoms with Gasteiger partial charge in [0.1, 0.15) is 11.6 Å². The molecule has 0 unspecified atom stereocenters. The van der Waals surface area contributed by atoms with Gasteiger partial charge in [0.2, 0.25) is 0 Å². The molecule has 1 atom stereocenters. The number of carbonyl (C=O) groups is 2. The molecule has 1 aliphatic rings. The van der Waals surface area contributed by atoms with E-state index in [0.29, 0.717) is 22.4 Å². The normalized spacial score (nSPS) is 14.4. The zero-order valence-corrected chi connectivity index (χ0v) is 15.6. The molecule has 4 rings (SSSR count). The molecule has 0 radical (unpaired) electrons. The van der Waals surface area contributed by atoms with E-state index in [-0.39, 0.29) is 5.69 Å². The highest BCUT2D eigenvalue weighted by Crippen LogP contribution is 2.40. The Morgan fingerprint density at radius 1 is 1.14 bits per heavy atom. The lowest BCUT2D eigenvalue weighted by Crippen LogP contribution is -2.30. The highest BCUT2D eigenvalue weighted by molar-refractivity contribution is 6.05. The maximum absolute atomic E-state index is 13.7. The zero-order valence-electron chi connectivity index (χ0n) is 15.6. The second kappa shape index (κ2) is 7.58. The lowest BCUT2D eigenvalue weighted by molar-refractivity contribution is -0.123. The Morgan fingerprint density at radius 2 is 1.90 bits per heavy atom. The standard InChI is InChI=1S/C22H18F2N2O3/c1-12(21(27)26-20-10-14(23)8-9-17(20)24)29-22(28)16-11-19(13-6-7-13)25-18-5-3-2-4-15(16)18/h2-5,8-13H,6-7H2,1H3,(H,26,27)/t12-/m1/s1. The number of carbonyl (C=O) groups excluding carboxylic acids is 2.